The number of hydrogen-bond acceptors (Lipinski definition) is 6. The summed E-state index contributed by atoms with van der Waals surface area (Å²) in [5, 5.41) is 15.6. The first-order valence-corrected chi connectivity index (χ1v) is 9.73. The van der Waals surface area contributed by atoms with Gasteiger partial charge in [-0.15, -0.1) is 11.3 Å². The lowest BCUT2D eigenvalue weighted by molar-refractivity contribution is -0.139. The number of rotatable bonds is 7. The molecule has 2 rings (SSSR count). The van der Waals surface area contributed by atoms with Crippen LogP contribution in [0.5, 0.6) is 5.75 Å². The number of carboxylic acid groups (broad SMARTS) is 1. The minimum atomic E-state index is -1.03. The number of benzene rings is 1. The number of thiophene rings is 1. The van der Waals surface area contributed by atoms with Crippen LogP contribution in [-0.4, -0.2) is 41.8 Å². The Morgan fingerprint density at radius 1 is 1.14 bits per heavy atom. The van der Waals surface area contributed by atoms with Crippen LogP contribution in [0.2, 0.25) is 0 Å². The van der Waals surface area contributed by atoms with Gasteiger partial charge in [0.05, 0.1) is 0 Å². The van der Waals surface area contributed by atoms with E-state index in [0.717, 1.165) is 16.0 Å². The number of carbonyl (C=O) groups excluding carboxylic acids is 2. The van der Waals surface area contributed by atoms with Gasteiger partial charge in [0.2, 0.25) is 5.91 Å². The van der Waals surface area contributed by atoms with Gasteiger partial charge in [0, 0.05) is 21.5 Å². The molecule has 2 amide bonds. The van der Waals surface area contributed by atoms with E-state index in [1.807, 2.05) is 19.1 Å². The second kappa shape index (κ2) is 9.42. The quantitative estimate of drug-likeness (QED) is 0.630. The van der Waals surface area contributed by atoms with E-state index in [2.05, 4.69) is 10.6 Å². The van der Waals surface area contributed by atoms with Crippen LogP contribution in [0.15, 0.2) is 29.6 Å². The zero-order valence-corrected chi connectivity index (χ0v) is 17.5. The zero-order chi connectivity index (χ0) is 21.6. The van der Waals surface area contributed by atoms with Gasteiger partial charge in [-0.05, 0) is 45.4 Å². The molecule has 9 heteroatoms. The average Bonchev–Trinajstić information content (AvgIpc) is 2.98. The molecule has 0 saturated carbocycles. The molecule has 1 aromatic heterocycles. The van der Waals surface area contributed by atoms with E-state index < -0.39 is 17.7 Å². The van der Waals surface area contributed by atoms with Crippen molar-refractivity contribution in [3.05, 3.63) is 35.2 Å². The molecular weight excluding hydrogens is 396 g/mol. The van der Waals surface area contributed by atoms with Crippen LogP contribution < -0.4 is 15.4 Å². The molecular formula is C20H24N2O6S. The molecule has 0 aliphatic rings. The summed E-state index contributed by atoms with van der Waals surface area (Å²) in [6.45, 7) is 6.49. The number of carbonyl (C=O) groups is 3. The first-order valence-electron chi connectivity index (χ1n) is 8.85. The molecule has 1 aromatic carbocycles. The van der Waals surface area contributed by atoms with Crippen molar-refractivity contribution < 1.29 is 29.0 Å². The van der Waals surface area contributed by atoms with Crippen LogP contribution in [0.25, 0.3) is 10.4 Å². The van der Waals surface area contributed by atoms with Crippen LogP contribution in [0.4, 0.5) is 10.5 Å². The molecule has 0 saturated heterocycles. The average molecular weight is 420 g/mol. The maximum atomic E-state index is 12.0. The van der Waals surface area contributed by atoms with E-state index in [1.165, 1.54) is 11.3 Å². The normalized spacial score (nSPS) is 10.9. The summed E-state index contributed by atoms with van der Waals surface area (Å²) < 4.78 is 10.3. The van der Waals surface area contributed by atoms with E-state index in [0.29, 0.717) is 11.4 Å². The Kier molecular flexibility index (Phi) is 7.22. The Morgan fingerprint density at radius 3 is 2.38 bits per heavy atom. The highest BCUT2D eigenvalue weighted by atomic mass is 32.1. The fourth-order valence-electron chi connectivity index (χ4n) is 2.34. The van der Waals surface area contributed by atoms with E-state index in [-0.39, 0.29) is 19.1 Å². The third-order valence-electron chi connectivity index (χ3n) is 3.57. The van der Waals surface area contributed by atoms with Gasteiger partial charge in [0.25, 0.3) is 0 Å². The van der Waals surface area contributed by atoms with Gasteiger partial charge in [-0.2, -0.15) is 0 Å². The molecule has 0 unspecified atom stereocenters. The Bertz CT molecular complexity index is 883. The van der Waals surface area contributed by atoms with Crippen molar-refractivity contribution in [2.75, 3.05) is 18.5 Å². The van der Waals surface area contributed by atoms with Gasteiger partial charge in [-0.1, -0.05) is 12.1 Å². The lowest BCUT2D eigenvalue weighted by atomic mass is 10.1. The molecule has 0 spiro atoms. The Hall–Kier alpha value is -3.07. The Labute approximate surface area is 172 Å². The van der Waals surface area contributed by atoms with Crippen LogP contribution in [0, 0.1) is 6.92 Å². The van der Waals surface area contributed by atoms with Crippen LogP contribution in [-0.2, 0) is 14.3 Å². The number of hydrogen-bond donors (Lipinski definition) is 3. The van der Waals surface area contributed by atoms with E-state index in [4.69, 9.17) is 14.6 Å². The second-order valence-corrected chi connectivity index (χ2v) is 8.10. The SMILES string of the molecule is Cc1c(OCC(=O)O)csc1-c1ccc(NC(=O)CNC(=O)OC(C)(C)C)cc1. The van der Waals surface area contributed by atoms with Gasteiger partial charge >= 0.3 is 12.1 Å². The molecule has 3 N–H and O–H groups in total. The van der Waals surface area contributed by atoms with E-state index >= 15 is 0 Å². The summed E-state index contributed by atoms with van der Waals surface area (Å²) in [6.07, 6.45) is -0.655. The predicted octanol–water partition coefficient (Wildman–Crippen LogP) is 3.65. The number of aliphatic carboxylic acids is 1. The molecule has 8 nitrogen and oxygen atoms in total. The minimum absolute atomic E-state index is 0.203. The number of amides is 2. The lowest BCUT2D eigenvalue weighted by Crippen LogP contribution is -2.37. The molecule has 29 heavy (non-hydrogen) atoms. The predicted molar refractivity (Wildman–Crippen MR) is 110 cm³/mol. The van der Waals surface area contributed by atoms with Crippen LogP contribution in [0.3, 0.4) is 0 Å². The second-order valence-electron chi connectivity index (χ2n) is 7.22. The summed E-state index contributed by atoms with van der Waals surface area (Å²) in [5.41, 5.74) is 1.73. The summed E-state index contributed by atoms with van der Waals surface area (Å²) >= 11 is 1.45. The standard InChI is InChI=1S/C20H24N2O6S/c1-12-15(27-10-17(24)25)11-29-18(12)13-5-7-14(8-6-13)22-16(23)9-21-19(26)28-20(2,3)4/h5-8,11H,9-10H2,1-4H3,(H,21,26)(H,22,23)(H,24,25). The highest BCUT2D eigenvalue weighted by molar-refractivity contribution is 7.14. The van der Waals surface area contributed by atoms with Gasteiger partial charge in [0.15, 0.2) is 6.61 Å². The van der Waals surface area contributed by atoms with Crippen LogP contribution in [0.1, 0.15) is 26.3 Å². The highest BCUT2D eigenvalue weighted by Gasteiger charge is 2.17. The molecule has 0 radical (unpaired) electrons. The highest BCUT2D eigenvalue weighted by Crippen LogP contribution is 2.37. The molecule has 0 fully saturated rings. The van der Waals surface area contributed by atoms with Gasteiger partial charge in [-0.25, -0.2) is 9.59 Å². The molecule has 0 atom stereocenters. The van der Waals surface area contributed by atoms with Crippen molar-refractivity contribution in [1.29, 1.82) is 0 Å². The van der Waals surface area contributed by atoms with E-state index in [1.54, 1.807) is 38.3 Å². The summed E-state index contributed by atoms with van der Waals surface area (Å²) in [4.78, 5) is 35.2. The lowest BCUT2D eigenvalue weighted by Gasteiger charge is -2.19. The number of carboxylic acids is 1. The number of ether oxygens (including phenoxy) is 2. The van der Waals surface area contributed by atoms with E-state index in [9.17, 15) is 14.4 Å². The summed E-state index contributed by atoms with van der Waals surface area (Å²) in [5.74, 6) is -0.864. The van der Waals surface area contributed by atoms with Crippen molar-refractivity contribution in [2.45, 2.75) is 33.3 Å². The summed E-state index contributed by atoms with van der Waals surface area (Å²) in [7, 11) is 0. The molecule has 2 aromatic rings. The molecule has 0 aliphatic heterocycles. The maximum absolute atomic E-state index is 12.0. The van der Waals surface area contributed by atoms with Gasteiger partial charge in [0.1, 0.15) is 17.9 Å². The van der Waals surface area contributed by atoms with Crippen molar-refractivity contribution in [3.63, 3.8) is 0 Å². The van der Waals surface area contributed by atoms with Gasteiger partial charge in [-0.3, -0.25) is 4.79 Å². The molecule has 156 valence electrons. The topological polar surface area (TPSA) is 114 Å². The van der Waals surface area contributed by atoms with Crippen LogP contribution >= 0.6 is 11.3 Å². The maximum Gasteiger partial charge on any atom is 0.408 e. The molecule has 0 bridgehead atoms. The third kappa shape index (κ3) is 7.11. The monoisotopic (exact) mass is 420 g/mol. The molecule has 0 aliphatic carbocycles. The summed E-state index contributed by atoms with van der Waals surface area (Å²) in [6, 6.07) is 7.18. The van der Waals surface area contributed by atoms with Crippen molar-refractivity contribution in [3.8, 4) is 16.2 Å². The zero-order valence-electron chi connectivity index (χ0n) is 16.7. The molecule has 1 heterocycles. The van der Waals surface area contributed by atoms with Crippen molar-refractivity contribution in [1.82, 2.24) is 5.32 Å². The Morgan fingerprint density at radius 2 is 1.79 bits per heavy atom. The van der Waals surface area contributed by atoms with Gasteiger partial charge < -0.3 is 25.2 Å². The number of anilines is 1. The van der Waals surface area contributed by atoms with Crippen molar-refractivity contribution in [2.24, 2.45) is 0 Å². The first kappa shape index (κ1) is 22.2. The third-order valence-corrected chi connectivity index (χ3v) is 4.68. The number of alkyl carbamates (subject to hydrolysis) is 1. The largest absolute Gasteiger partial charge is 0.481 e. The fourth-order valence-corrected chi connectivity index (χ4v) is 3.36. The Balaban J connectivity index is 1.93. The number of nitrogens with one attached hydrogen (secondary N) is 2. The first-order chi connectivity index (χ1) is 13.5. The smallest absolute Gasteiger partial charge is 0.408 e. The minimum Gasteiger partial charge on any atom is -0.481 e. The van der Waals surface area contributed by atoms with Crippen molar-refractivity contribution >= 4 is 35.0 Å². The fraction of sp³-hybridized carbons (Fsp3) is 0.350.